The van der Waals surface area contributed by atoms with Gasteiger partial charge in [-0.1, -0.05) is 108 Å². The van der Waals surface area contributed by atoms with Crippen LogP contribution in [-0.2, 0) is 23.3 Å². The summed E-state index contributed by atoms with van der Waals surface area (Å²) in [5, 5.41) is 12.1. The van der Waals surface area contributed by atoms with Gasteiger partial charge in [-0.05, 0) is 32.7 Å². The Morgan fingerprint density at radius 2 is 0.766 bits per heavy atom. The molecule has 0 amide bonds. The third kappa shape index (κ3) is 6.77. The van der Waals surface area contributed by atoms with Gasteiger partial charge >= 0.3 is 70.8 Å². The Hall–Kier alpha value is -4.62. The van der Waals surface area contributed by atoms with E-state index in [0.29, 0.717) is 0 Å². The van der Waals surface area contributed by atoms with Gasteiger partial charge in [0.15, 0.2) is 0 Å². The Bertz CT molecular complexity index is 2280. The summed E-state index contributed by atoms with van der Waals surface area (Å²) in [6.07, 6.45) is 0. The van der Waals surface area contributed by atoms with Crippen molar-refractivity contribution in [3.05, 3.63) is 188 Å². The molecule has 0 fully saturated rings. The quantitative estimate of drug-likeness (QED) is 0.128. The molecule has 0 unspecified atom stereocenters. The minimum Gasteiger partial charge on any atom is -0.168 e. The maximum atomic E-state index is 2.35. The van der Waals surface area contributed by atoms with Crippen molar-refractivity contribution in [2.24, 2.45) is 0 Å². The number of hydrogen-bond acceptors (Lipinski definition) is 0. The van der Waals surface area contributed by atoms with Crippen molar-refractivity contribution in [2.75, 3.05) is 0 Å². The SMILES string of the molecule is C[Si](=[Zr+2])c1ccccc1.c1ccc2c(-c3cccc4[cH-]ccc34)cccc2c1.c1ccc2c(-c3cccc4[cH-]ccc34)cccc2c1. The van der Waals surface area contributed by atoms with Gasteiger partial charge in [-0.15, -0.1) is 57.9 Å². The second-order valence-corrected chi connectivity index (χ2v) is 19.1. The van der Waals surface area contributed by atoms with Crippen molar-refractivity contribution in [2.45, 2.75) is 6.55 Å². The first-order valence-corrected chi connectivity index (χ1v) is 21.7. The Morgan fingerprint density at radius 1 is 0.383 bits per heavy atom. The van der Waals surface area contributed by atoms with E-state index in [4.69, 9.17) is 0 Å². The summed E-state index contributed by atoms with van der Waals surface area (Å²) in [5.74, 6) is 0. The van der Waals surface area contributed by atoms with E-state index in [0.717, 1.165) is 0 Å². The van der Waals surface area contributed by atoms with Gasteiger partial charge < -0.3 is 0 Å². The van der Waals surface area contributed by atoms with Crippen LogP contribution in [0.5, 0.6) is 0 Å². The van der Waals surface area contributed by atoms with Crippen molar-refractivity contribution < 1.29 is 23.3 Å². The molecule has 0 saturated carbocycles. The number of benzene rings is 7. The molecule has 222 valence electrons. The Balaban J connectivity index is 0.000000120. The maximum absolute atomic E-state index is 2.35. The summed E-state index contributed by atoms with van der Waals surface area (Å²) in [5.41, 5.74) is 5.14. The predicted molar refractivity (Wildman–Crippen MR) is 203 cm³/mol. The monoisotopic (exact) mass is 692 g/mol. The first-order chi connectivity index (χ1) is 23.2. The van der Waals surface area contributed by atoms with Crippen LogP contribution in [0.1, 0.15) is 0 Å². The van der Waals surface area contributed by atoms with Gasteiger partial charge in [0.25, 0.3) is 0 Å². The molecule has 0 saturated heterocycles. The largest absolute Gasteiger partial charge is 0.168 e. The van der Waals surface area contributed by atoms with Crippen molar-refractivity contribution in [1.29, 1.82) is 0 Å². The van der Waals surface area contributed by atoms with Crippen LogP contribution in [-0.4, -0.2) is 5.43 Å². The number of fused-ring (bicyclic) bond motifs is 4. The minimum atomic E-state index is -0.122. The van der Waals surface area contributed by atoms with Crippen molar-refractivity contribution in [1.82, 2.24) is 0 Å². The summed E-state index contributed by atoms with van der Waals surface area (Å²) in [7, 11) is 0. The molecule has 0 heterocycles. The van der Waals surface area contributed by atoms with Crippen LogP contribution >= 0.6 is 0 Å². The van der Waals surface area contributed by atoms with E-state index in [1.165, 1.54) is 65.3 Å². The van der Waals surface area contributed by atoms with Crippen LogP contribution in [0.15, 0.2) is 188 Å². The van der Waals surface area contributed by atoms with Crippen molar-refractivity contribution in [3.8, 4) is 22.3 Å². The fraction of sp³-hybridized carbons (Fsp3) is 0.0222. The fourth-order valence-electron chi connectivity index (χ4n) is 6.40. The molecule has 0 bridgehead atoms. The molecule has 0 nitrogen and oxygen atoms in total. The third-order valence-corrected chi connectivity index (χ3v) is 12.1. The molecule has 0 radical (unpaired) electrons. The van der Waals surface area contributed by atoms with Crippen LogP contribution in [0.3, 0.4) is 0 Å². The zero-order chi connectivity index (χ0) is 32.0. The Kier molecular flexibility index (Phi) is 9.52. The predicted octanol–water partition coefficient (Wildman–Crippen LogP) is 11.8. The van der Waals surface area contributed by atoms with Gasteiger partial charge in [-0.3, -0.25) is 0 Å². The van der Waals surface area contributed by atoms with Crippen LogP contribution in [0.2, 0.25) is 6.55 Å². The molecule has 0 spiro atoms. The normalized spacial score (nSPS) is 10.8. The summed E-state index contributed by atoms with van der Waals surface area (Å²) in [6.45, 7) is 2.35. The van der Waals surface area contributed by atoms with Gasteiger partial charge in [-0.2, -0.15) is 24.3 Å². The van der Waals surface area contributed by atoms with E-state index in [2.05, 4.69) is 195 Å². The molecule has 0 N–H and O–H groups in total. The maximum Gasteiger partial charge on any atom is -0.0114 e. The van der Waals surface area contributed by atoms with E-state index < -0.39 is 0 Å². The van der Waals surface area contributed by atoms with E-state index in [9.17, 15) is 0 Å². The van der Waals surface area contributed by atoms with Gasteiger partial charge in [-0.25, -0.2) is 0 Å². The zero-order valence-electron chi connectivity index (χ0n) is 26.4. The molecule has 0 atom stereocenters. The number of rotatable bonds is 3. The zero-order valence-corrected chi connectivity index (χ0v) is 29.9. The van der Waals surface area contributed by atoms with Gasteiger partial charge in [0.05, 0.1) is 0 Å². The molecule has 0 aliphatic rings. The van der Waals surface area contributed by atoms with E-state index >= 15 is 0 Å². The Morgan fingerprint density at radius 3 is 1.21 bits per heavy atom. The van der Waals surface area contributed by atoms with E-state index in [1.54, 1.807) is 28.5 Å². The molecule has 47 heavy (non-hydrogen) atoms. The first kappa shape index (κ1) is 31.0. The third-order valence-electron chi connectivity index (χ3n) is 8.72. The second kappa shape index (κ2) is 14.4. The van der Waals surface area contributed by atoms with Gasteiger partial charge in [0, 0.05) is 0 Å². The molecule has 9 aromatic rings. The second-order valence-electron chi connectivity index (χ2n) is 11.7. The molecular formula is C45H34SiZr. The smallest absolute Gasteiger partial charge is 0.0114 e. The molecule has 0 aliphatic heterocycles. The fourth-order valence-corrected chi connectivity index (χ4v) is 8.32. The minimum absolute atomic E-state index is 0.122. The molecule has 9 aromatic carbocycles. The summed E-state index contributed by atoms with van der Waals surface area (Å²) in [4.78, 5) is 0. The summed E-state index contributed by atoms with van der Waals surface area (Å²) in [6, 6.07) is 67.0. The van der Waals surface area contributed by atoms with Crippen LogP contribution in [0.25, 0.3) is 65.3 Å². The van der Waals surface area contributed by atoms with E-state index in [1.807, 2.05) is 0 Å². The van der Waals surface area contributed by atoms with Crippen LogP contribution in [0, 0.1) is 0 Å². The average Bonchev–Trinajstić information content (AvgIpc) is 3.83. The standard InChI is InChI=1S/2C19H13.C7H8Si.Zr/c2*1-2-10-16-14(6-1)8-4-12-18(16)19-13-5-9-15-7-3-11-17(15)19;1-8-7-5-3-2-4-6-7;/h2*1-13H;2-6H,1H3;/q2*-1;;+2. The van der Waals surface area contributed by atoms with Crippen molar-refractivity contribution >= 4 is 53.7 Å². The average molecular weight is 694 g/mol. The first-order valence-electron chi connectivity index (χ1n) is 16.0. The molecule has 0 aliphatic carbocycles. The topological polar surface area (TPSA) is 0 Å². The van der Waals surface area contributed by atoms with Gasteiger partial charge in [0.2, 0.25) is 0 Å². The van der Waals surface area contributed by atoms with E-state index in [-0.39, 0.29) is 5.43 Å². The summed E-state index contributed by atoms with van der Waals surface area (Å²) >= 11 is 1.69. The molecule has 2 heteroatoms. The van der Waals surface area contributed by atoms with Gasteiger partial charge in [0.1, 0.15) is 0 Å². The van der Waals surface area contributed by atoms with Crippen LogP contribution < -0.4 is 5.19 Å². The number of hydrogen-bond donors (Lipinski definition) is 0. The molecule has 0 aromatic heterocycles. The Labute approximate surface area is 292 Å². The molecular weight excluding hydrogens is 660 g/mol. The summed E-state index contributed by atoms with van der Waals surface area (Å²) < 4.78 is 0. The van der Waals surface area contributed by atoms with Crippen LogP contribution in [0.4, 0.5) is 0 Å². The van der Waals surface area contributed by atoms with Crippen molar-refractivity contribution in [3.63, 3.8) is 0 Å². The molecule has 9 rings (SSSR count).